The predicted octanol–water partition coefficient (Wildman–Crippen LogP) is 1.42. The Balaban J connectivity index is 0.00000196. The van der Waals surface area contributed by atoms with Crippen LogP contribution in [0.4, 0.5) is 5.82 Å². The molecule has 9 heteroatoms. The third-order valence-electron chi connectivity index (χ3n) is 4.21. The Labute approximate surface area is 158 Å². The summed E-state index contributed by atoms with van der Waals surface area (Å²) in [5.74, 6) is 0.721. The summed E-state index contributed by atoms with van der Waals surface area (Å²) < 4.78 is 7.62. The first-order valence-corrected chi connectivity index (χ1v) is 8.54. The molecule has 4 rings (SSSR count). The number of nitrogens with one attached hydrogen (secondary N) is 2. The van der Waals surface area contributed by atoms with Crippen molar-refractivity contribution in [2.75, 3.05) is 31.6 Å². The molecule has 3 aromatic heterocycles. The smallest absolute Gasteiger partial charge is 0.154 e. The maximum Gasteiger partial charge on any atom is 0.154 e. The van der Waals surface area contributed by atoms with E-state index < -0.39 is 0 Å². The molecule has 0 saturated carbocycles. The van der Waals surface area contributed by atoms with Crippen LogP contribution < -0.4 is 10.6 Å². The van der Waals surface area contributed by atoms with Crippen LogP contribution in [-0.2, 0) is 11.3 Å². The Bertz CT molecular complexity index is 863. The molecule has 1 saturated heterocycles. The van der Waals surface area contributed by atoms with Gasteiger partial charge in [0.2, 0.25) is 0 Å². The number of pyridine rings is 1. The average molecular weight is 373 g/mol. The molecule has 1 fully saturated rings. The van der Waals surface area contributed by atoms with E-state index in [-0.39, 0.29) is 19.6 Å². The standard InChI is InChI=1S/C17H21N7O.H2S/c1-2-24-11-12(8-22-24)14-7-15-16(20-4-3-19-15)17(23-14)21-10-13-9-18-5-6-25-13;/h3-4,7-8,11,13,18H,2,5-6,9-10H2,1H3,(H,21,23);1H2/t13-;/m0./s1. The number of morpholine rings is 1. The van der Waals surface area contributed by atoms with Crippen LogP contribution in [0.1, 0.15) is 6.92 Å². The second-order valence-electron chi connectivity index (χ2n) is 5.94. The van der Waals surface area contributed by atoms with Crippen LogP contribution in [-0.4, -0.2) is 57.1 Å². The molecule has 0 amide bonds. The monoisotopic (exact) mass is 373 g/mol. The van der Waals surface area contributed by atoms with E-state index >= 15 is 0 Å². The fourth-order valence-electron chi connectivity index (χ4n) is 2.87. The Morgan fingerprint density at radius 1 is 1.35 bits per heavy atom. The summed E-state index contributed by atoms with van der Waals surface area (Å²) in [7, 11) is 0. The van der Waals surface area contributed by atoms with E-state index in [1.807, 2.05) is 23.1 Å². The van der Waals surface area contributed by atoms with Gasteiger partial charge in [-0.05, 0) is 13.0 Å². The predicted molar refractivity (Wildman–Crippen MR) is 106 cm³/mol. The maximum atomic E-state index is 5.74. The second-order valence-corrected chi connectivity index (χ2v) is 5.94. The number of hydrogen-bond donors (Lipinski definition) is 2. The Hall–Kier alpha value is -2.23. The van der Waals surface area contributed by atoms with E-state index in [1.54, 1.807) is 12.4 Å². The first-order valence-electron chi connectivity index (χ1n) is 8.54. The number of anilines is 1. The third-order valence-corrected chi connectivity index (χ3v) is 4.21. The minimum Gasteiger partial charge on any atom is -0.374 e. The van der Waals surface area contributed by atoms with Gasteiger partial charge in [0.15, 0.2) is 5.82 Å². The highest BCUT2D eigenvalue weighted by Gasteiger charge is 2.15. The van der Waals surface area contributed by atoms with Crippen LogP contribution in [0.15, 0.2) is 30.9 Å². The molecule has 2 N–H and O–H groups in total. The van der Waals surface area contributed by atoms with Gasteiger partial charge >= 0.3 is 0 Å². The van der Waals surface area contributed by atoms with Gasteiger partial charge in [-0.3, -0.25) is 9.67 Å². The first kappa shape index (κ1) is 18.6. The van der Waals surface area contributed by atoms with Crippen molar-refractivity contribution in [1.29, 1.82) is 0 Å². The van der Waals surface area contributed by atoms with Crippen LogP contribution >= 0.6 is 13.5 Å². The minimum absolute atomic E-state index is 0. The molecule has 1 atom stereocenters. The van der Waals surface area contributed by atoms with Crippen LogP contribution in [0.2, 0.25) is 0 Å². The van der Waals surface area contributed by atoms with E-state index in [2.05, 4.69) is 32.6 Å². The van der Waals surface area contributed by atoms with Gasteiger partial charge in [-0.1, -0.05) is 0 Å². The van der Waals surface area contributed by atoms with Gasteiger partial charge < -0.3 is 15.4 Å². The molecule has 0 aromatic carbocycles. The first-order chi connectivity index (χ1) is 12.3. The third kappa shape index (κ3) is 3.95. The zero-order valence-electron chi connectivity index (χ0n) is 14.6. The van der Waals surface area contributed by atoms with Crippen molar-refractivity contribution in [1.82, 2.24) is 30.0 Å². The molecule has 0 radical (unpaired) electrons. The molecule has 0 bridgehead atoms. The SMILES string of the molecule is CCn1cc(-c2cc3nccnc3c(NC[C@@H]3CNCCO3)n2)cn1.S. The van der Waals surface area contributed by atoms with Gasteiger partial charge in [0.1, 0.15) is 5.52 Å². The van der Waals surface area contributed by atoms with Gasteiger partial charge in [0, 0.05) is 50.3 Å². The Kier molecular flexibility index (Phi) is 6.02. The number of rotatable bonds is 5. The number of aryl methyl sites for hydroxylation is 1. The van der Waals surface area contributed by atoms with Gasteiger partial charge in [0.05, 0.1) is 30.1 Å². The van der Waals surface area contributed by atoms with Crippen LogP contribution in [0.5, 0.6) is 0 Å². The maximum absolute atomic E-state index is 5.74. The lowest BCUT2D eigenvalue weighted by Crippen LogP contribution is -2.42. The highest BCUT2D eigenvalue weighted by atomic mass is 32.1. The molecule has 8 nitrogen and oxygen atoms in total. The highest BCUT2D eigenvalue weighted by molar-refractivity contribution is 7.59. The largest absolute Gasteiger partial charge is 0.374 e. The average Bonchev–Trinajstić information content (AvgIpc) is 3.16. The zero-order valence-corrected chi connectivity index (χ0v) is 15.6. The molecule has 1 aliphatic rings. The van der Waals surface area contributed by atoms with Crippen LogP contribution in [0.3, 0.4) is 0 Å². The summed E-state index contributed by atoms with van der Waals surface area (Å²) in [4.78, 5) is 13.6. The van der Waals surface area contributed by atoms with Gasteiger partial charge in [-0.15, -0.1) is 0 Å². The van der Waals surface area contributed by atoms with E-state index in [9.17, 15) is 0 Å². The van der Waals surface area contributed by atoms with Crippen molar-refractivity contribution in [3.05, 3.63) is 30.9 Å². The lowest BCUT2D eigenvalue weighted by molar-refractivity contribution is 0.0372. The van der Waals surface area contributed by atoms with Gasteiger partial charge in [0.25, 0.3) is 0 Å². The molecular formula is C17H23N7OS. The number of ether oxygens (including phenoxy) is 1. The molecule has 4 heterocycles. The van der Waals surface area contributed by atoms with Gasteiger partial charge in [-0.25, -0.2) is 9.97 Å². The molecule has 1 aliphatic heterocycles. The van der Waals surface area contributed by atoms with E-state index in [0.29, 0.717) is 6.54 Å². The van der Waals surface area contributed by atoms with E-state index in [4.69, 9.17) is 9.72 Å². The molecule has 26 heavy (non-hydrogen) atoms. The van der Waals surface area contributed by atoms with E-state index in [0.717, 1.165) is 54.3 Å². The van der Waals surface area contributed by atoms with Crippen molar-refractivity contribution in [3.8, 4) is 11.3 Å². The number of nitrogens with zero attached hydrogens (tertiary/aromatic N) is 5. The highest BCUT2D eigenvalue weighted by Crippen LogP contribution is 2.25. The van der Waals surface area contributed by atoms with Crippen molar-refractivity contribution in [3.63, 3.8) is 0 Å². The summed E-state index contributed by atoms with van der Waals surface area (Å²) >= 11 is 0. The van der Waals surface area contributed by atoms with Crippen LogP contribution in [0, 0.1) is 0 Å². The Morgan fingerprint density at radius 2 is 2.23 bits per heavy atom. The number of hydrogen-bond acceptors (Lipinski definition) is 7. The minimum atomic E-state index is 0. The van der Waals surface area contributed by atoms with Crippen molar-refractivity contribution >= 4 is 30.3 Å². The van der Waals surface area contributed by atoms with Crippen molar-refractivity contribution < 1.29 is 4.74 Å². The fourth-order valence-corrected chi connectivity index (χ4v) is 2.87. The summed E-state index contributed by atoms with van der Waals surface area (Å²) in [5, 5.41) is 11.0. The zero-order chi connectivity index (χ0) is 17.1. The van der Waals surface area contributed by atoms with Gasteiger partial charge in [-0.2, -0.15) is 18.6 Å². The number of aromatic nitrogens is 5. The quantitative estimate of drug-likeness (QED) is 0.699. The van der Waals surface area contributed by atoms with E-state index in [1.165, 1.54) is 0 Å². The lowest BCUT2D eigenvalue weighted by Gasteiger charge is -2.24. The molecule has 138 valence electrons. The van der Waals surface area contributed by atoms with Crippen molar-refractivity contribution in [2.24, 2.45) is 0 Å². The molecule has 0 aliphatic carbocycles. The van der Waals surface area contributed by atoms with Crippen molar-refractivity contribution in [2.45, 2.75) is 19.6 Å². The summed E-state index contributed by atoms with van der Waals surface area (Å²) in [6.07, 6.45) is 7.31. The molecule has 0 unspecified atom stereocenters. The normalized spacial score (nSPS) is 17.0. The number of fused-ring (bicyclic) bond motifs is 1. The lowest BCUT2D eigenvalue weighted by atomic mass is 10.2. The fraction of sp³-hybridized carbons (Fsp3) is 0.412. The Morgan fingerprint density at radius 3 is 3.00 bits per heavy atom. The van der Waals surface area contributed by atoms with Crippen LogP contribution in [0.25, 0.3) is 22.3 Å². The molecule has 3 aromatic rings. The summed E-state index contributed by atoms with van der Waals surface area (Å²) in [6.45, 7) is 6.02. The summed E-state index contributed by atoms with van der Waals surface area (Å²) in [5.41, 5.74) is 3.37. The molecular weight excluding hydrogens is 350 g/mol. The topological polar surface area (TPSA) is 89.8 Å². The summed E-state index contributed by atoms with van der Waals surface area (Å²) in [6, 6.07) is 1.95. The molecule has 0 spiro atoms. The second kappa shape index (κ2) is 8.43.